The first-order chi connectivity index (χ1) is 46.6. The summed E-state index contributed by atoms with van der Waals surface area (Å²) in [6, 6.07) is 31.8. The number of benzene rings is 3. The molecule has 27 nitrogen and oxygen atoms in total. The molecular weight excluding hydrogens is 1440 g/mol. The first kappa shape index (κ1) is 70.8. The second-order valence-corrected chi connectivity index (χ2v) is 24.9. The van der Waals surface area contributed by atoms with Gasteiger partial charge in [-0.15, -0.1) is 0 Å². The number of carbonyl (C=O) groups is 5. The number of ether oxygens (including phenoxy) is 1. The highest BCUT2D eigenvalue weighted by molar-refractivity contribution is 9.11. The van der Waals surface area contributed by atoms with Gasteiger partial charge >= 0.3 is 5.97 Å². The Balaban J connectivity index is 0.000000156. The van der Waals surface area contributed by atoms with Crippen molar-refractivity contribution in [2.24, 2.45) is 11.8 Å². The molecule has 496 valence electrons. The van der Waals surface area contributed by atoms with Crippen LogP contribution in [0, 0.1) is 60.7 Å². The summed E-state index contributed by atoms with van der Waals surface area (Å²) < 4.78 is 22.3. The van der Waals surface area contributed by atoms with Crippen LogP contribution in [-0.2, 0) is 27.5 Å². The molecule has 0 unspecified atom stereocenters. The number of nitrogens with zero attached hydrogens (tertiary/aromatic N) is 13. The van der Waals surface area contributed by atoms with E-state index in [9.17, 15) is 24.0 Å². The predicted octanol–water partition coefficient (Wildman–Crippen LogP) is 11.3. The zero-order valence-electron chi connectivity index (χ0n) is 52.8. The van der Waals surface area contributed by atoms with Gasteiger partial charge in [0.1, 0.15) is 47.2 Å². The van der Waals surface area contributed by atoms with Gasteiger partial charge < -0.3 is 45.4 Å². The SMILES string of the molecule is CC(=O)COC(C)=O.Cc1ccc(-c2noc(CN3CC(C#N)C3)n2)cc1NC(=O)c1cnc2ccc(Br)cn12.Cc1ccc(-c2noc(CO)n2)cc1NC(=O)c1cnc2ccc(Br)cn12.Cc1ccc(C(=N)CO)cc1NC(=O)c1cnc2ccc(Br)cn12.N#CC1CCC1. The lowest BCUT2D eigenvalue weighted by Gasteiger charge is -2.33. The van der Waals surface area contributed by atoms with Crippen molar-refractivity contribution < 1.29 is 48.0 Å². The highest BCUT2D eigenvalue weighted by atomic mass is 79.9. The van der Waals surface area contributed by atoms with Crippen molar-refractivity contribution in [3.05, 3.63) is 193 Å². The minimum absolute atomic E-state index is 0.0784. The molecule has 11 aromatic rings. The molecule has 2 fully saturated rings. The molecule has 0 spiro atoms. The van der Waals surface area contributed by atoms with E-state index in [1.807, 2.05) is 87.5 Å². The third-order valence-corrected chi connectivity index (χ3v) is 16.3. The third kappa shape index (κ3) is 18.5. The van der Waals surface area contributed by atoms with Crippen molar-refractivity contribution in [1.82, 2.24) is 53.3 Å². The molecule has 97 heavy (non-hydrogen) atoms. The fourth-order valence-electron chi connectivity index (χ4n) is 9.34. The summed E-state index contributed by atoms with van der Waals surface area (Å²) >= 11 is 10.2. The molecule has 8 aromatic heterocycles. The van der Waals surface area contributed by atoms with Gasteiger partial charge in [-0.3, -0.25) is 42.1 Å². The van der Waals surface area contributed by atoms with Crippen LogP contribution in [0.4, 0.5) is 17.1 Å². The lowest BCUT2D eigenvalue weighted by atomic mass is 9.87. The number of nitriles is 2. The van der Waals surface area contributed by atoms with Gasteiger partial charge in [-0.2, -0.15) is 20.5 Å². The maximum Gasteiger partial charge on any atom is 0.303 e. The van der Waals surface area contributed by atoms with Gasteiger partial charge in [-0.1, -0.05) is 53.1 Å². The number of aliphatic hydroxyl groups excluding tert-OH is 2. The molecular formula is C67H62Br3N17O10. The van der Waals surface area contributed by atoms with E-state index >= 15 is 0 Å². The number of esters is 1. The number of aliphatic hydroxyl groups is 2. The van der Waals surface area contributed by atoms with Gasteiger partial charge in [-0.05, 0) is 165 Å². The van der Waals surface area contributed by atoms with E-state index in [0.717, 1.165) is 61.6 Å². The molecule has 6 N–H and O–H groups in total. The van der Waals surface area contributed by atoms with Gasteiger partial charge in [0.15, 0.2) is 5.78 Å². The standard InChI is InChI=1S/C22H18BrN7O2.C18H14BrN5O3.C17H15BrN4O2.C5H7N.C5H8O3/c1-13-2-3-15(21-27-20(32-28-21)12-29-9-14(7-24)10-29)6-17(13)26-22(31)18-8-25-19-5-4-16(23)11-30(18)19;1-10-2-3-11(17-22-16(9-25)27-23-17)6-13(10)21-18(26)14-7-20-15-5-4-12(19)8-24(14)15;1-10-2-3-11(13(19)9-23)6-14(10)21-17(24)15-7-20-16-5-4-12(18)8-22(15)16;6-4-5-2-1-3-5;1-4(6)3-8-5(2)7/h2-6,8,11,14H,9-10,12H2,1H3,(H,26,31);2-8,25H,9H2,1H3,(H,21,26);2-8,19,23H,9H2,1H3,(H,21,24);5H,1-3H2;3H2,1-2H3. The maximum absolute atomic E-state index is 13.0. The quantitative estimate of drug-likeness (QED) is 0.0410. The van der Waals surface area contributed by atoms with Gasteiger partial charge in [-0.25, -0.2) is 15.0 Å². The molecule has 1 aliphatic carbocycles. The van der Waals surface area contributed by atoms with E-state index in [2.05, 4.69) is 121 Å². The minimum Gasteiger partial charge on any atom is -0.458 e. The first-order valence-electron chi connectivity index (χ1n) is 29.8. The summed E-state index contributed by atoms with van der Waals surface area (Å²) in [5.74, 6) is 0.516. The van der Waals surface area contributed by atoms with Crippen LogP contribution in [0.25, 0.3) is 39.7 Å². The molecule has 13 rings (SSSR count). The van der Waals surface area contributed by atoms with E-state index in [1.54, 1.807) is 62.3 Å². The number of aromatic nitrogens is 10. The monoisotopic (exact) mass is 1500 g/mol. The molecule has 0 bridgehead atoms. The van der Waals surface area contributed by atoms with Crippen LogP contribution >= 0.6 is 47.8 Å². The molecule has 1 saturated heterocycles. The largest absolute Gasteiger partial charge is 0.458 e. The number of anilines is 3. The van der Waals surface area contributed by atoms with Crippen LogP contribution in [0.1, 0.15) is 98.6 Å². The summed E-state index contributed by atoms with van der Waals surface area (Å²) in [7, 11) is 0. The highest BCUT2D eigenvalue weighted by Gasteiger charge is 2.28. The third-order valence-electron chi connectivity index (χ3n) is 14.9. The van der Waals surface area contributed by atoms with Crippen molar-refractivity contribution >= 4 is 117 Å². The molecule has 3 aromatic carbocycles. The summed E-state index contributed by atoms with van der Waals surface area (Å²) in [6.45, 7) is 9.48. The number of ketones is 1. The van der Waals surface area contributed by atoms with Crippen LogP contribution in [0.3, 0.4) is 0 Å². The average Bonchev–Trinajstić information content (AvgIpc) is 1.71. The summed E-state index contributed by atoms with van der Waals surface area (Å²) in [4.78, 5) is 81.8. The average molecular weight is 1510 g/mol. The molecule has 1 aliphatic heterocycles. The topological polar surface area (TPSA) is 376 Å². The molecule has 0 radical (unpaired) electrons. The number of halogens is 3. The van der Waals surface area contributed by atoms with Crippen LogP contribution in [0.2, 0.25) is 0 Å². The zero-order chi connectivity index (χ0) is 69.4. The number of imidazole rings is 3. The van der Waals surface area contributed by atoms with Crippen LogP contribution in [0.15, 0.2) is 151 Å². The van der Waals surface area contributed by atoms with Crippen LogP contribution < -0.4 is 16.0 Å². The number of Topliss-reactive ketones (excluding diaryl/α,β-unsaturated/α-hetero) is 1. The molecule has 0 atom stereocenters. The molecule has 1 saturated carbocycles. The number of likely N-dealkylation sites (tertiary alicyclic amines) is 1. The van der Waals surface area contributed by atoms with Crippen molar-refractivity contribution in [3.8, 4) is 34.9 Å². The predicted molar refractivity (Wildman–Crippen MR) is 367 cm³/mol. The highest BCUT2D eigenvalue weighted by Crippen LogP contribution is 2.29. The molecule has 3 amide bonds. The first-order valence-corrected chi connectivity index (χ1v) is 32.2. The summed E-state index contributed by atoms with van der Waals surface area (Å²) in [5, 5.41) is 59.5. The number of pyridine rings is 3. The van der Waals surface area contributed by atoms with E-state index < -0.39 is 5.97 Å². The molecule has 9 heterocycles. The van der Waals surface area contributed by atoms with Gasteiger partial charge in [0.25, 0.3) is 23.6 Å². The lowest BCUT2D eigenvalue weighted by Crippen LogP contribution is -2.45. The number of hydrogen-bond acceptors (Lipinski definition) is 21. The Bertz CT molecular complexity index is 4810. The number of rotatable bonds is 15. The van der Waals surface area contributed by atoms with E-state index in [-0.39, 0.29) is 60.8 Å². The fourth-order valence-corrected chi connectivity index (χ4v) is 10.4. The molecule has 30 heteroatoms. The van der Waals surface area contributed by atoms with Crippen molar-refractivity contribution in [2.45, 2.75) is 67.0 Å². The number of hydrogen-bond donors (Lipinski definition) is 6. The van der Waals surface area contributed by atoms with Crippen LogP contribution in [0.5, 0.6) is 0 Å². The smallest absolute Gasteiger partial charge is 0.303 e. The number of aryl methyl sites for hydroxylation is 3. The Labute approximate surface area is 579 Å². The summed E-state index contributed by atoms with van der Waals surface area (Å²) in [6.07, 6.45) is 13.5. The Morgan fingerprint density at radius 3 is 1.39 bits per heavy atom. The maximum atomic E-state index is 13.0. The zero-order valence-corrected chi connectivity index (χ0v) is 57.5. The number of carbonyl (C=O) groups excluding carboxylic acids is 5. The Morgan fingerprint density at radius 1 is 0.608 bits per heavy atom. The Kier molecular flexibility index (Phi) is 23.9. The van der Waals surface area contributed by atoms with Crippen molar-refractivity contribution in [1.29, 1.82) is 15.9 Å². The van der Waals surface area contributed by atoms with Gasteiger partial charge in [0, 0.05) is 86.1 Å². The van der Waals surface area contributed by atoms with Gasteiger partial charge in [0.2, 0.25) is 17.5 Å². The number of amides is 3. The normalized spacial score (nSPS) is 12.5. The van der Waals surface area contributed by atoms with E-state index in [1.165, 1.54) is 32.7 Å². The second kappa shape index (κ2) is 32.8. The fraction of sp³-hybridized carbons (Fsp3) is 0.239. The Morgan fingerprint density at radius 2 is 1.03 bits per heavy atom. The Hall–Kier alpha value is -10.5. The number of fused-ring (bicyclic) bond motifs is 3. The van der Waals surface area contributed by atoms with E-state index in [0.29, 0.717) is 92.2 Å². The summed E-state index contributed by atoms with van der Waals surface area (Å²) in [5.41, 5.74) is 9.90. The number of nitrogens with one attached hydrogen (secondary N) is 4. The lowest BCUT2D eigenvalue weighted by molar-refractivity contribution is -0.145. The minimum atomic E-state index is -0.416. The van der Waals surface area contributed by atoms with E-state index in [4.69, 9.17) is 35.2 Å². The van der Waals surface area contributed by atoms with Crippen molar-refractivity contribution in [2.75, 3.05) is 42.3 Å². The molecule has 2 aliphatic rings. The van der Waals surface area contributed by atoms with Gasteiger partial charge in [0.05, 0.1) is 55.5 Å². The second-order valence-electron chi connectivity index (χ2n) is 22.2. The van der Waals surface area contributed by atoms with Crippen molar-refractivity contribution in [3.63, 3.8) is 0 Å². The van der Waals surface area contributed by atoms with Crippen LogP contribution in [-0.4, -0.2) is 125 Å².